The molecule has 0 amide bonds. The quantitative estimate of drug-likeness (QED) is 0.528. The molecule has 6 heteroatoms. The van der Waals surface area contributed by atoms with Crippen molar-refractivity contribution in [2.75, 3.05) is 5.73 Å². The predicted molar refractivity (Wildman–Crippen MR) is 77.7 cm³/mol. The van der Waals surface area contributed by atoms with E-state index < -0.39 is 4.92 Å². The Kier molecular flexibility index (Phi) is 4.05. The fraction of sp³-hybridized carbons (Fsp3) is 0.133. The number of nitro benzene ring substituents is 1. The van der Waals surface area contributed by atoms with E-state index in [2.05, 4.69) is 0 Å². The van der Waals surface area contributed by atoms with Crippen LogP contribution in [0.4, 0.5) is 11.4 Å². The molecule has 21 heavy (non-hydrogen) atoms. The number of hydrogen-bond acceptors (Lipinski definition) is 5. The SMILES string of the molecule is Cc1ccc(C#N)cc1OCc1cc([N+](=O)[O-])ccc1N. The first kappa shape index (κ1) is 14.3. The van der Waals surface area contributed by atoms with Gasteiger partial charge in [0.1, 0.15) is 12.4 Å². The summed E-state index contributed by atoms with van der Waals surface area (Å²) in [5.41, 5.74) is 8.08. The molecule has 0 aromatic heterocycles. The maximum absolute atomic E-state index is 10.8. The Balaban J connectivity index is 2.22. The fourth-order valence-corrected chi connectivity index (χ4v) is 1.81. The summed E-state index contributed by atoms with van der Waals surface area (Å²) in [5, 5.41) is 19.6. The van der Waals surface area contributed by atoms with Crippen molar-refractivity contribution in [1.29, 1.82) is 5.26 Å². The summed E-state index contributed by atoms with van der Waals surface area (Å²) in [5.74, 6) is 0.556. The molecule has 2 N–H and O–H groups in total. The van der Waals surface area contributed by atoms with E-state index in [0.717, 1.165) is 5.56 Å². The Bertz CT molecular complexity index is 735. The van der Waals surface area contributed by atoms with Crippen molar-refractivity contribution in [1.82, 2.24) is 0 Å². The predicted octanol–water partition coefficient (Wildman–Crippen LogP) is 2.94. The van der Waals surface area contributed by atoms with Crippen LogP contribution in [-0.4, -0.2) is 4.92 Å². The van der Waals surface area contributed by atoms with E-state index in [0.29, 0.717) is 22.6 Å². The van der Waals surface area contributed by atoms with E-state index in [4.69, 9.17) is 15.7 Å². The van der Waals surface area contributed by atoms with Gasteiger partial charge in [-0.15, -0.1) is 0 Å². The summed E-state index contributed by atoms with van der Waals surface area (Å²) in [6, 6.07) is 11.4. The van der Waals surface area contributed by atoms with Crippen molar-refractivity contribution in [2.24, 2.45) is 0 Å². The topological polar surface area (TPSA) is 102 Å². The monoisotopic (exact) mass is 283 g/mol. The second-order valence-electron chi connectivity index (χ2n) is 4.52. The van der Waals surface area contributed by atoms with Crippen molar-refractivity contribution >= 4 is 11.4 Å². The van der Waals surface area contributed by atoms with Crippen LogP contribution in [0.2, 0.25) is 0 Å². The first-order chi connectivity index (χ1) is 10.0. The molecule has 0 spiro atoms. The zero-order valence-corrected chi connectivity index (χ0v) is 11.4. The third kappa shape index (κ3) is 3.28. The van der Waals surface area contributed by atoms with Gasteiger partial charge in [-0.25, -0.2) is 0 Å². The highest BCUT2D eigenvalue weighted by molar-refractivity contribution is 5.52. The van der Waals surface area contributed by atoms with Gasteiger partial charge >= 0.3 is 0 Å². The van der Waals surface area contributed by atoms with Crippen LogP contribution in [0.1, 0.15) is 16.7 Å². The van der Waals surface area contributed by atoms with Gasteiger partial charge in [0.15, 0.2) is 0 Å². The van der Waals surface area contributed by atoms with E-state index in [-0.39, 0.29) is 12.3 Å². The number of aryl methyl sites for hydroxylation is 1. The lowest BCUT2D eigenvalue weighted by atomic mass is 10.1. The van der Waals surface area contributed by atoms with E-state index >= 15 is 0 Å². The number of nitrogens with zero attached hydrogens (tertiary/aromatic N) is 2. The van der Waals surface area contributed by atoms with Gasteiger partial charge in [0, 0.05) is 23.4 Å². The fourth-order valence-electron chi connectivity index (χ4n) is 1.81. The van der Waals surface area contributed by atoms with Crippen molar-refractivity contribution in [3.8, 4) is 11.8 Å². The number of benzene rings is 2. The van der Waals surface area contributed by atoms with Crippen LogP contribution in [0.5, 0.6) is 5.75 Å². The molecule has 0 heterocycles. The molecule has 0 atom stereocenters. The zero-order valence-electron chi connectivity index (χ0n) is 11.4. The van der Waals surface area contributed by atoms with Gasteiger partial charge in [-0.1, -0.05) is 6.07 Å². The minimum absolute atomic E-state index is 0.0368. The molecule has 0 radical (unpaired) electrons. The number of nitriles is 1. The molecule has 0 saturated carbocycles. The van der Waals surface area contributed by atoms with Crippen molar-refractivity contribution < 1.29 is 9.66 Å². The van der Waals surface area contributed by atoms with Gasteiger partial charge in [0.05, 0.1) is 16.6 Å². The number of nitrogens with two attached hydrogens (primary N) is 1. The summed E-state index contributed by atoms with van der Waals surface area (Å²) >= 11 is 0. The molecule has 0 saturated heterocycles. The van der Waals surface area contributed by atoms with Gasteiger partial charge in [0.2, 0.25) is 0 Å². The van der Waals surface area contributed by atoms with Crippen LogP contribution in [0.15, 0.2) is 36.4 Å². The lowest BCUT2D eigenvalue weighted by Gasteiger charge is -2.11. The Morgan fingerprint density at radius 2 is 2.10 bits per heavy atom. The molecule has 0 aliphatic heterocycles. The summed E-state index contributed by atoms with van der Waals surface area (Å²) < 4.78 is 5.63. The molecular formula is C15H13N3O3. The third-order valence-corrected chi connectivity index (χ3v) is 3.04. The lowest BCUT2D eigenvalue weighted by Crippen LogP contribution is -2.02. The third-order valence-electron chi connectivity index (χ3n) is 3.04. The molecule has 0 bridgehead atoms. The van der Waals surface area contributed by atoms with Crippen LogP contribution in [0.3, 0.4) is 0 Å². The second-order valence-corrected chi connectivity index (χ2v) is 4.52. The van der Waals surface area contributed by atoms with E-state index in [1.807, 2.05) is 13.0 Å². The van der Waals surface area contributed by atoms with Crippen LogP contribution in [-0.2, 0) is 6.61 Å². The van der Waals surface area contributed by atoms with Crippen molar-refractivity contribution in [3.63, 3.8) is 0 Å². The minimum Gasteiger partial charge on any atom is -0.489 e. The van der Waals surface area contributed by atoms with Gasteiger partial charge in [-0.3, -0.25) is 10.1 Å². The minimum atomic E-state index is -0.482. The maximum Gasteiger partial charge on any atom is 0.269 e. The maximum atomic E-state index is 10.8. The van der Waals surface area contributed by atoms with Gasteiger partial charge in [0.25, 0.3) is 5.69 Å². The Morgan fingerprint density at radius 3 is 2.76 bits per heavy atom. The van der Waals surface area contributed by atoms with Crippen LogP contribution >= 0.6 is 0 Å². The molecular weight excluding hydrogens is 270 g/mol. The number of non-ortho nitro benzene ring substituents is 1. The van der Waals surface area contributed by atoms with Crippen LogP contribution in [0.25, 0.3) is 0 Å². The summed E-state index contributed by atoms with van der Waals surface area (Å²) in [6.45, 7) is 1.95. The number of ether oxygens (including phenoxy) is 1. The van der Waals surface area contributed by atoms with Gasteiger partial charge < -0.3 is 10.5 Å². The highest BCUT2D eigenvalue weighted by Crippen LogP contribution is 2.24. The highest BCUT2D eigenvalue weighted by Gasteiger charge is 2.10. The molecule has 0 fully saturated rings. The number of nitrogen functional groups attached to an aromatic ring is 1. The highest BCUT2D eigenvalue weighted by atomic mass is 16.6. The normalized spacial score (nSPS) is 9.90. The number of nitro groups is 1. The average Bonchev–Trinajstić information content (AvgIpc) is 2.47. The lowest BCUT2D eigenvalue weighted by molar-refractivity contribution is -0.384. The smallest absolute Gasteiger partial charge is 0.269 e. The van der Waals surface area contributed by atoms with Crippen molar-refractivity contribution in [2.45, 2.75) is 13.5 Å². The number of anilines is 1. The Morgan fingerprint density at radius 1 is 1.33 bits per heavy atom. The molecule has 2 aromatic carbocycles. The summed E-state index contributed by atoms with van der Waals surface area (Å²) in [7, 11) is 0. The standard InChI is InChI=1S/C15H13N3O3/c1-10-2-3-11(8-16)6-15(10)21-9-12-7-13(18(19)20)4-5-14(12)17/h2-7H,9,17H2,1H3. The largest absolute Gasteiger partial charge is 0.489 e. The number of hydrogen-bond donors (Lipinski definition) is 1. The van der Waals surface area contributed by atoms with E-state index in [9.17, 15) is 10.1 Å². The first-order valence-corrected chi connectivity index (χ1v) is 6.17. The first-order valence-electron chi connectivity index (χ1n) is 6.17. The second kappa shape index (κ2) is 5.92. The van der Waals surface area contributed by atoms with E-state index in [1.54, 1.807) is 18.2 Å². The average molecular weight is 283 g/mol. The summed E-state index contributed by atoms with van der Waals surface area (Å²) in [6.07, 6.45) is 0. The van der Waals surface area contributed by atoms with Crippen molar-refractivity contribution in [3.05, 3.63) is 63.2 Å². The molecule has 106 valence electrons. The van der Waals surface area contributed by atoms with Crippen LogP contribution < -0.4 is 10.5 Å². The van der Waals surface area contributed by atoms with E-state index in [1.165, 1.54) is 18.2 Å². The molecule has 0 unspecified atom stereocenters. The zero-order chi connectivity index (χ0) is 15.4. The summed E-state index contributed by atoms with van der Waals surface area (Å²) in [4.78, 5) is 10.3. The Hall–Kier alpha value is -3.07. The molecule has 6 nitrogen and oxygen atoms in total. The Labute approximate surface area is 121 Å². The number of rotatable bonds is 4. The molecule has 2 aromatic rings. The van der Waals surface area contributed by atoms with Crippen LogP contribution in [0, 0.1) is 28.4 Å². The molecule has 2 rings (SSSR count). The molecule has 0 aliphatic carbocycles. The molecule has 0 aliphatic rings. The van der Waals surface area contributed by atoms with Gasteiger partial charge in [-0.05, 0) is 30.7 Å². The van der Waals surface area contributed by atoms with Gasteiger partial charge in [-0.2, -0.15) is 5.26 Å².